The standard InChI is InChI=1S/C13H11NO4/c1-2-9-7-12(18-13(9)8-15)10-3-5-11(6-4-10)14(16)17/h3-8H,2H2,1H3. The molecular formula is C13H11NO4. The molecule has 0 N–H and O–H groups in total. The Morgan fingerprint density at radius 2 is 2.00 bits per heavy atom. The molecule has 1 aromatic carbocycles. The average molecular weight is 245 g/mol. The van der Waals surface area contributed by atoms with Crippen LogP contribution in [-0.4, -0.2) is 11.2 Å². The zero-order valence-corrected chi connectivity index (χ0v) is 9.75. The smallest absolute Gasteiger partial charge is 0.269 e. The molecule has 0 amide bonds. The van der Waals surface area contributed by atoms with E-state index in [2.05, 4.69) is 0 Å². The maximum absolute atomic E-state index is 10.8. The Bertz CT molecular complexity index is 584. The quantitative estimate of drug-likeness (QED) is 0.471. The van der Waals surface area contributed by atoms with Crippen LogP contribution in [-0.2, 0) is 6.42 Å². The van der Waals surface area contributed by atoms with Crippen molar-refractivity contribution < 1.29 is 14.1 Å². The molecule has 92 valence electrons. The van der Waals surface area contributed by atoms with Crippen molar-refractivity contribution in [3.05, 3.63) is 51.8 Å². The SMILES string of the molecule is CCc1cc(-c2ccc([N+](=O)[O-])cc2)oc1C=O. The minimum Gasteiger partial charge on any atom is -0.453 e. The summed E-state index contributed by atoms with van der Waals surface area (Å²) in [5.41, 5.74) is 1.57. The molecule has 0 fully saturated rings. The lowest BCUT2D eigenvalue weighted by Crippen LogP contribution is -1.86. The van der Waals surface area contributed by atoms with Crippen LogP contribution >= 0.6 is 0 Å². The van der Waals surface area contributed by atoms with Crippen LogP contribution in [0, 0.1) is 10.1 Å². The van der Waals surface area contributed by atoms with E-state index in [1.807, 2.05) is 6.92 Å². The summed E-state index contributed by atoms with van der Waals surface area (Å²) in [7, 11) is 0. The summed E-state index contributed by atoms with van der Waals surface area (Å²) in [6, 6.07) is 7.80. The van der Waals surface area contributed by atoms with Gasteiger partial charge in [-0.25, -0.2) is 0 Å². The summed E-state index contributed by atoms with van der Waals surface area (Å²) >= 11 is 0. The van der Waals surface area contributed by atoms with Gasteiger partial charge in [-0.05, 0) is 24.6 Å². The summed E-state index contributed by atoms with van der Waals surface area (Å²) in [5, 5.41) is 10.5. The highest BCUT2D eigenvalue weighted by atomic mass is 16.6. The molecule has 1 aromatic heterocycles. The molecule has 5 heteroatoms. The fourth-order valence-electron chi connectivity index (χ4n) is 1.71. The number of non-ortho nitro benzene ring substituents is 1. The molecule has 1 heterocycles. The Labute approximate surface area is 103 Å². The number of nitro groups is 1. The fraction of sp³-hybridized carbons (Fsp3) is 0.154. The third-order valence-electron chi connectivity index (χ3n) is 2.69. The normalized spacial score (nSPS) is 10.3. The van der Waals surface area contributed by atoms with Crippen molar-refractivity contribution in [3.8, 4) is 11.3 Å². The van der Waals surface area contributed by atoms with Crippen LogP contribution in [0.5, 0.6) is 0 Å². The van der Waals surface area contributed by atoms with Crippen molar-refractivity contribution in [2.24, 2.45) is 0 Å². The Morgan fingerprint density at radius 1 is 1.33 bits per heavy atom. The first-order valence-corrected chi connectivity index (χ1v) is 5.48. The van der Waals surface area contributed by atoms with Crippen LogP contribution in [0.1, 0.15) is 23.0 Å². The van der Waals surface area contributed by atoms with Gasteiger partial charge < -0.3 is 4.42 Å². The number of hydrogen-bond acceptors (Lipinski definition) is 4. The van der Waals surface area contributed by atoms with Gasteiger partial charge in [-0.2, -0.15) is 0 Å². The predicted octanol–water partition coefficient (Wildman–Crippen LogP) is 3.23. The second kappa shape index (κ2) is 4.83. The highest BCUT2D eigenvalue weighted by Crippen LogP contribution is 2.26. The third-order valence-corrected chi connectivity index (χ3v) is 2.69. The largest absolute Gasteiger partial charge is 0.453 e. The van der Waals surface area contributed by atoms with Crippen LogP contribution in [0.25, 0.3) is 11.3 Å². The van der Waals surface area contributed by atoms with Crippen LogP contribution in [0.4, 0.5) is 5.69 Å². The van der Waals surface area contributed by atoms with Gasteiger partial charge in [-0.1, -0.05) is 6.92 Å². The number of nitro benzene ring substituents is 1. The van der Waals surface area contributed by atoms with Crippen molar-refractivity contribution in [2.75, 3.05) is 0 Å². The first-order chi connectivity index (χ1) is 8.65. The van der Waals surface area contributed by atoms with E-state index in [-0.39, 0.29) is 5.69 Å². The summed E-state index contributed by atoms with van der Waals surface area (Å²) in [6.07, 6.45) is 1.37. The van der Waals surface area contributed by atoms with Crippen LogP contribution < -0.4 is 0 Å². The minimum absolute atomic E-state index is 0.0247. The number of carbonyl (C=O) groups is 1. The third kappa shape index (κ3) is 2.15. The molecule has 0 saturated heterocycles. The molecule has 2 aromatic rings. The second-order valence-corrected chi connectivity index (χ2v) is 3.78. The number of aldehydes is 1. The van der Waals surface area contributed by atoms with Crippen molar-refractivity contribution in [1.29, 1.82) is 0 Å². The molecule has 2 rings (SSSR count). The molecular weight excluding hydrogens is 234 g/mol. The van der Waals surface area contributed by atoms with Crippen molar-refractivity contribution in [2.45, 2.75) is 13.3 Å². The average Bonchev–Trinajstić information content (AvgIpc) is 2.82. The number of rotatable bonds is 4. The van der Waals surface area contributed by atoms with Crippen molar-refractivity contribution in [1.82, 2.24) is 0 Å². The van der Waals surface area contributed by atoms with Gasteiger partial charge in [0.25, 0.3) is 5.69 Å². The van der Waals surface area contributed by atoms with Gasteiger partial charge in [0.05, 0.1) is 4.92 Å². The molecule has 0 atom stereocenters. The van der Waals surface area contributed by atoms with E-state index in [1.54, 1.807) is 18.2 Å². The Hall–Kier alpha value is -2.43. The molecule has 0 spiro atoms. The predicted molar refractivity (Wildman–Crippen MR) is 65.6 cm³/mol. The highest BCUT2D eigenvalue weighted by molar-refractivity contribution is 5.75. The summed E-state index contributed by atoms with van der Waals surface area (Å²) in [5.74, 6) is 0.856. The van der Waals surface area contributed by atoms with Crippen molar-refractivity contribution >= 4 is 12.0 Å². The number of nitrogens with zero attached hydrogens (tertiary/aromatic N) is 1. The number of hydrogen-bond donors (Lipinski definition) is 0. The molecule has 0 radical (unpaired) electrons. The van der Waals surface area contributed by atoms with Crippen LogP contribution in [0.15, 0.2) is 34.7 Å². The number of benzene rings is 1. The van der Waals surface area contributed by atoms with Gasteiger partial charge in [0.15, 0.2) is 12.0 Å². The van der Waals surface area contributed by atoms with E-state index in [9.17, 15) is 14.9 Å². The Balaban J connectivity index is 2.39. The molecule has 0 aliphatic heterocycles. The van der Waals surface area contributed by atoms with E-state index in [0.29, 0.717) is 29.8 Å². The van der Waals surface area contributed by atoms with E-state index >= 15 is 0 Å². The molecule has 5 nitrogen and oxygen atoms in total. The van der Waals surface area contributed by atoms with Gasteiger partial charge in [0.1, 0.15) is 5.76 Å². The number of aryl methyl sites for hydroxylation is 1. The maximum Gasteiger partial charge on any atom is 0.269 e. The first kappa shape index (κ1) is 12.0. The number of furan rings is 1. The summed E-state index contributed by atoms with van der Waals surface area (Å²) in [6.45, 7) is 1.93. The lowest BCUT2D eigenvalue weighted by atomic mass is 10.1. The van der Waals surface area contributed by atoms with Gasteiger partial charge in [0, 0.05) is 23.3 Å². The summed E-state index contributed by atoms with van der Waals surface area (Å²) in [4.78, 5) is 20.9. The van der Waals surface area contributed by atoms with E-state index < -0.39 is 4.92 Å². The molecule has 0 aliphatic carbocycles. The van der Waals surface area contributed by atoms with E-state index in [0.717, 1.165) is 5.56 Å². The van der Waals surface area contributed by atoms with Crippen LogP contribution in [0.2, 0.25) is 0 Å². The maximum atomic E-state index is 10.8. The fourth-order valence-corrected chi connectivity index (χ4v) is 1.71. The van der Waals surface area contributed by atoms with E-state index in [4.69, 9.17) is 4.42 Å². The second-order valence-electron chi connectivity index (χ2n) is 3.78. The van der Waals surface area contributed by atoms with Gasteiger partial charge >= 0.3 is 0 Å². The lowest BCUT2D eigenvalue weighted by molar-refractivity contribution is -0.384. The highest BCUT2D eigenvalue weighted by Gasteiger charge is 2.12. The zero-order valence-electron chi connectivity index (χ0n) is 9.75. The van der Waals surface area contributed by atoms with Gasteiger partial charge in [-0.3, -0.25) is 14.9 Å². The molecule has 18 heavy (non-hydrogen) atoms. The zero-order chi connectivity index (χ0) is 13.1. The monoisotopic (exact) mass is 245 g/mol. The first-order valence-electron chi connectivity index (χ1n) is 5.48. The Kier molecular flexibility index (Phi) is 3.23. The van der Waals surface area contributed by atoms with Crippen LogP contribution in [0.3, 0.4) is 0 Å². The molecule has 0 unspecified atom stereocenters. The summed E-state index contributed by atoms with van der Waals surface area (Å²) < 4.78 is 5.40. The Morgan fingerprint density at radius 3 is 2.44 bits per heavy atom. The minimum atomic E-state index is -0.458. The van der Waals surface area contributed by atoms with Gasteiger partial charge in [-0.15, -0.1) is 0 Å². The molecule has 0 aliphatic rings. The molecule has 0 saturated carbocycles. The molecule has 0 bridgehead atoms. The van der Waals surface area contributed by atoms with E-state index in [1.165, 1.54) is 12.1 Å². The number of carbonyl (C=O) groups excluding carboxylic acids is 1. The lowest BCUT2D eigenvalue weighted by Gasteiger charge is -1.95. The van der Waals surface area contributed by atoms with Crippen molar-refractivity contribution in [3.63, 3.8) is 0 Å². The topological polar surface area (TPSA) is 73.3 Å². The van der Waals surface area contributed by atoms with Gasteiger partial charge in [0.2, 0.25) is 0 Å².